The third kappa shape index (κ3) is 4.18. The van der Waals surface area contributed by atoms with Gasteiger partial charge in [0.15, 0.2) is 0 Å². The molecule has 2 atom stereocenters. The second kappa shape index (κ2) is 7.79. The van der Waals surface area contributed by atoms with Crippen molar-refractivity contribution in [1.82, 2.24) is 14.8 Å². The molecule has 2 N–H and O–H groups in total. The fourth-order valence-corrected chi connectivity index (χ4v) is 3.62. The van der Waals surface area contributed by atoms with Crippen LogP contribution in [0.25, 0.3) is 0 Å². The van der Waals surface area contributed by atoms with Crippen molar-refractivity contribution in [2.75, 3.05) is 13.1 Å². The number of amides is 1. The van der Waals surface area contributed by atoms with E-state index in [2.05, 4.69) is 22.3 Å². The third-order valence-electron chi connectivity index (χ3n) is 4.58. The summed E-state index contributed by atoms with van der Waals surface area (Å²) in [4.78, 5) is 14.6. The van der Waals surface area contributed by atoms with Gasteiger partial charge in [0, 0.05) is 32.7 Å². The molecule has 2 aromatic rings. The van der Waals surface area contributed by atoms with Gasteiger partial charge in [-0.1, -0.05) is 53.5 Å². The molecular weight excluding hydrogens is 361 g/mol. The van der Waals surface area contributed by atoms with Crippen LogP contribution in [-0.4, -0.2) is 45.7 Å². The quantitative estimate of drug-likeness (QED) is 0.836. The van der Waals surface area contributed by atoms with Gasteiger partial charge in [-0.3, -0.25) is 9.69 Å². The number of carbonyl (C=O) groups excluding carboxylic acids is 1. The van der Waals surface area contributed by atoms with Crippen LogP contribution in [0.5, 0.6) is 0 Å². The Morgan fingerprint density at radius 3 is 2.68 bits per heavy atom. The Balaban J connectivity index is 1.62. The van der Waals surface area contributed by atoms with E-state index in [9.17, 15) is 9.90 Å². The summed E-state index contributed by atoms with van der Waals surface area (Å²) in [7, 11) is 1.70. The van der Waals surface area contributed by atoms with E-state index in [4.69, 9.17) is 23.2 Å². The lowest BCUT2D eigenvalue weighted by Crippen LogP contribution is -2.40. The Bertz CT molecular complexity index is 748. The van der Waals surface area contributed by atoms with Crippen LogP contribution < -0.4 is 5.32 Å². The number of hydrogen-bond donors (Lipinski definition) is 2. The highest BCUT2D eigenvalue weighted by Crippen LogP contribution is 2.25. The average molecular weight is 382 g/mol. The van der Waals surface area contributed by atoms with Crippen LogP contribution in [0.3, 0.4) is 0 Å². The molecule has 0 aliphatic carbocycles. The Morgan fingerprint density at radius 1 is 1.32 bits per heavy atom. The van der Waals surface area contributed by atoms with E-state index in [1.54, 1.807) is 17.7 Å². The van der Waals surface area contributed by atoms with Gasteiger partial charge in [-0.05, 0) is 18.1 Å². The first-order valence-corrected chi connectivity index (χ1v) is 8.96. The molecule has 1 fully saturated rings. The fourth-order valence-electron chi connectivity index (χ4n) is 3.24. The molecule has 0 radical (unpaired) electrons. The Hall–Kier alpha value is -1.53. The second-order valence-corrected chi connectivity index (χ2v) is 7.16. The van der Waals surface area contributed by atoms with E-state index in [1.165, 1.54) is 5.56 Å². The maximum absolute atomic E-state index is 12.4. The van der Waals surface area contributed by atoms with Gasteiger partial charge < -0.3 is 15.0 Å². The minimum atomic E-state index is -0.371. The second-order valence-electron chi connectivity index (χ2n) is 6.40. The molecule has 1 aliphatic rings. The van der Waals surface area contributed by atoms with E-state index in [1.807, 2.05) is 18.2 Å². The van der Waals surface area contributed by atoms with Crippen LogP contribution in [0.15, 0.2) is 36.4 Å². The first-order chi connectivity index (χ1) is 12.0. The van der Waals surface area contributed by atoms with Crippen LogP contribution >= 0.6 is 23.2 Å². The van der Waals surface area contributed by atoms with E-state index >= 15 is 0 Å². The van der Waals surface area contributed by atoms with Crippen molar-refractivity contribution in [3.63, 3.8) is 0 Å². The zero-order valence-electron chi connectivity index (χ0n) is 14.0. The van der Waals surface area contributed by atoms with Crippen molar-refractivity contribution in [2.45, 2.75) is 25.1 Å². The van der Waals surface area contributed by atoms with E-state index < -0.39 is 0 Å². The van der Waals surface area contributed by atoms with Crippen LogP contribution in [-0.2, 0) is 13.6 Å². The van der Waals surface area contributed by atoms with Gasteiger partial charge in [-0.15, -0.1) is 0 Å². The maximum Gasteiger partial charge on any atom is 0.268 e. The number of carbonyl (C=O) groups is 1. The number of β-amino-alcohol motifs (C(OH)–C–C–N with tert-alkyl or cyclic N) is 1. The lowest BCUT2D eigenvalue weighted by molar-refractivity contribution is 0.0931. The zero-order chi connectivity index (χ0) is 18.0. The SMILES string of the molecule is Cn1c(C(=O)NC[C@@H]2C[C@@H](O)CN2Cc2ccccc2)cc(Cl)c1Cl. The first kappa shape index (κ1) is 18.3. The van der Waals surface area contributed by atoms with Crippen molar-refractivity contribution >= 4 is 29.1 Å². The summed E-state index contributed by atoms with van der Waals surface area (Å²) >= 11 is 12.0. The molecular formula is C18H21Cl2N3O2. The largest absolute Gasteiger partial charge is 0.392 e. The predicted octanol–water partition coefficient (Wildman–Crippen LogP) is 2.70. The molecule has 1 aromatic heterocycles. The number of nitrogens with zero attached hydrogens (tertiary/aromatic N) is 2. The maximum atomic E-state index is 12.4. The number of halogens is 2. The van der Waals surface area contributed by atoms with Crippen LogP contribution in [0, 0.1) is 0 Å². The topological polar surface area (TPSA) is 57.5 Å². The lowest BCUT2D eigenvalue weighted by atomic mass is 10.1. The minimum Gasteiger partial charge on any atom is -0.392 e. The highest BCUT2D eigenvalue weighted by atomic mass is 35.5. The molecule has 0 unspecified atom stereocenters. The highest BCUT2D eigenvalue weighted by molar-refractivity contribution is 6.41. The number of benzene rings is 1. The van der Waals surface area contributed by atoms with Gasteiger partial charge in [0.25, 0.3) is 5.91 Å². The molecule has 1 amide bonds. The number of rotatable bonds is 5. The summed E-state index contributed by atoms with van der Waals surface area (Å²) < 4.78 is 1.56. The third-order valence-corrected chi connectivity index (χ3v) is 5.42. The molecule has 5 nitrogen and oxygen atoms in total. The molecule has 1 aliphatic heterocycles. The Kier molecular flexibility index (Phi) is 5.69. The van der Waals surface area contributed by atoms with Gasteiger partial charge >= 0.3 is 0 Å². The molecule has 0 bridgehead atoms. The van der Waals surface area contributed by atoms with Gasteiger partial charge in [0.2, 0.25) is 0 Å². The highest BCUT2D eigenvalue weighted by Gasteiger charge is 2.31. The molecule has 3 rings (SSSR count). The predicted molar refractivity (Wildman–Crippen MR) is 99.0 cm³/mol. The molecule has 1 saturated heterocycles. The zero-order valence-corrected chi connectivity index (χ0v) is 15.5. The van der Waals surface area contributed by atoms with Crippen molar-refractivity contribution in [3.05, 3.63) is 57.8 Å². The Morgan fingerprint density at radius 2 is 2.04 bits per heavy atom. The number of hydrogen-bond acceptors (Lipinski definition) is 3. The smallest absolute Gasteiger partial charge is 0.268 e. The first-order valence-electron chi connectivity index (χ1n) is 8.20. The molecule has 0 spiro atoms. The van der Waals surface area contributed by atoms with E-state index in [0.29, 0.717) is 35.4 Å². The molecule has 25 heavy (non-hydrogen) atoms. The van der Waals surface area contributed by atoms with Crippen molar-refractivity contribution < 1.29 is 9.90 Å². The number of nitrogens with one attached hydrogen (secondary N) is 1. The summed E-state index contributed by atoms with van der Waals surface area (Å²) in [5.41, 5.74) is 1.61. The summed E-state index contributed by atoms with van der Waals surface area (Å²) in [6.45, 7) is 1.82. The molecule has 1 aromatic carbocycles. The normalized spacial score (nSPS) is 20.8. The molecule has 0 saturated carbocycles. The minimum absolute atomic E-state index is 0.0883. The van der Waals surface area contributed by atoms with Crippen LogP contribution in [0.2, 0.25) is 10.2 Å². The molecule has 134 valence electrons. The fraction of sp³-hybridized carbons (Fsp3) is 0.389. The summed E-state index contributed by atoms with van der Waals surface area (Å²) in [6.07, 6.45) is 0.270. The van der Waals surface area contributed by atoms with Gasteiger partial charge in [-0.2, -0.15) is 0 Å². The molecule has 2 heterocycles. The Labute approximate surface area is 157 Å². The number of aromatic nitrogens is 1. The summed E-state index contributed by atoms with van der Waals surface area (Å²) in [6, 6.07) is 11.8. The standard InChI is InChI=1S/C18H21Cl2N3O2/c1-22-16(8-15(19)17(22)20)18(25)21-9-13-7-14(24)11-23(13)10-12-5-3-2-4-6-12/h2-6,8,13-14,24H,7,9-11H2,1H3,(H,21,25)/t13-,14+/m0/s1. The number of likely N-dealkylation sites (tertiary alicyclic amines) is 1. The van der Waals surface area contributed by atoms with Crippen LogP contribution in [0.1, 0.15) is 22.5 Å². The van der Waals surface area contributed by atoms with Gasteiger partial charge in [0.05, 0.1) is 11.1 Å². The van der Waals surface area contributed by atoms with Gasteiger partial charge in [0.1, 0.15) is 10.8 Å². The average Bonchev–Trinajstić information content (AvgIpc) is 3.07. The lowest BCUT2D eigenvalue weighted by Gasteiger charge is -2.24. The summed E-state index contributed by atoms with van der Waals surface area (Å²) in [5, 5.41) is 13.6. The van der Waals surface area contributed by atoms with E-state index in [-0.39, 0.29) is 18.1 Å². The number of aliphatic hydroxyl groups is 1. The summed E-state index contributed by atoms with van der Waals surface area (Å²) in [5.74, 6) is -0.225. The van der Waals surface area contributed by atoms with Crippen molar-refractivity contribution in [1.29, 1.82) is 0 Å². The van der Waals surface area contributed by atoms with Crippen molar-refractivity contribution in [2.24, 2.45) is 7.05 Å². The van der Waals surface area contributed by atoms with E-state index in [0.717, 1.165) is 6.54 Å². The molecule has 7 heteroatoms. The number of aliphatic hydroxyl groups excluding tert-OH is 1. The van der Waals surface area contributed by atoms with Crippen LogP contribution in [0.4, 0.5) is 0 Å². The monoisotopic (exact) mass is 381 g/mol. The van der Waals surface area contributed by atoms with Crippen molar-refractivity contribution in [3.8, 4) is 0 Å². The van der Waals surface area contributed by atoms with Gasteiger partial charge in [-0.25, -0.2) is 0 Å².